The zero-order valence-corrected chi connectivity index (χ0v) is 12.9. The first kappa shape index (κ1) is 15.8. The van der Waals surface area contributed by atoms with E-state index in [4.69, 9.17) is 0 Å². The predicted octanol–water partition coefficient (Wildman–Crippen LogP) is 3.39. The molecule has 0 unspecified atom stereocenters. The summed E-state index contributed by atoms with van der Waals surface area (Å²) in [4.78, 5) is 19.6. The molecule has 0 fully saturated rings. The van der Waals surface area contributed by atoms with Crippen molar-refractivity contribution in [3.8, 4) is 0 Å². The van der Waals surface area contributed by atoms with Crippen molar-refractivity contribution in [2.75, 3.05) is 22.5 Å². The highest BCUT2D eigenvalue weighted by Gasteiger charge is 2.01. The van der Waals surface area contributed by atoms with Crippen molar-refractivity contribution in [1.82, 2.24) is 9.97 Å². The second kappa shape index (κ2) is 7.97. The Balaban J connectivity index is 1.97. The summed E-state index contributed by atoms with van der Waals surface area (Å²) in [6.45, 7) is 4.54. The summed E-state index contributed by atoms with van der Waals surface area (Å²) >= 11 is 0. The molecule has 6 heteroatoms. The summed E-state index contributed by atoms with van der Waals surface area (Å²) in [5.74, 6) is 1.25. The number of nitrogens with zero attached hydrogens (tertiary/aromatic N) is 2. The van der Waals surface area contributed by atoms with E-state index in [1.807, 2.05) is 30.3 Å². The van der Waals surface area contributed by atoms with Gasteiger partial charge in [0.05, 0.1) is 0 Å². The van der Waals surface area contributed by atoms with E-state index in [0.717, 1.165) is 36.6 Å². The SMILES string of the molecule is CCCCNc1ccnc(Nc2ccc(NC(C)=O)cc2)n1. The molecular formula is C16H21N5O. The summed E-state index contributed by atoms with van der Waals surface area (Å²) in [6.07, 6.45) is 3.97. The number of benzene rings is 1. The highest BCUT2D eigenvalue weighted by atomic mass is 16.1. The summed E-state index contributed by atoms with van der Waals surface area (Å²) in [7, 11) is 0. The maximum atomic E-state index is 11.0. The van der Waals surface area contributed by atoms with Crippen molar-refractivity contribution < 1.29 is 4.79 Å². The van der Waals surface area contributed by atoms with Crippen LogP contribution in [0.3, 0.4) is 0 Å². The van der Waals surface area contributed by atoms with Crippen LogP contribution in [-0.4, -0.2) is 22.4 Å². The van der Waals surface area contributed by atoms with Crippen LogP contribution < -0.4 is 16.0 Å². The Morgan fingerprint density at radius 2 is 1.86 bits per heavy atom. The van der Waals surface area contributed by atoms with Crippen molar-refractivity contribution >= 4 is 29.0 Å². The molecule has 2 aromatic rings. The van der Waals surface area contributed by atoms with E-state index in [1.165, 1.54) is 6.92 Å². The fraction of sp³-hybridized carbons (Fsp3) is 0.312. The zero-order chi connectivity index (χ0) is 15.8. The number of hydrogen-bond acceptors (Lipinski definition) is 5. The van der Waals surface area contributed by atoms with Crippen LogP contribution in [0.2, 0.25) is 0 Å². The van der Waals surface area contributed by atoms with Crippen molar-refractivity contribution in [2.45, 2.75) is 26.7 Å². The van der Waals surface area contributed by atoms with Gasteiger partial charge in [-0.25, -0.2) is 4.98 Å². The quantitative estimate of drug-likeness (QED) is 0.683. The Hall–Kier alpha value is -2.63. The first-order chi connectivity index (χ1) is 10.7. The molecule has 6 nitrogen and oxygen atoms in total. The second-order valence-electron chi connectivity index (χ2n) is 4.93. The van der Waals surface area contributed by atoms with Gasteiger partial charge < -0.3 is 16.0 Å². The molecule has 1 aromatic heterocycles. The molecule has 2 rings (SSSR count). The average molecular weight is 299 g/mol. The van der Waals surface area contributed by atoms with Crippen LogP contribution in [0.15, 0.2) is 36.5 Å². The molecule has 0 saturated carbocycles. The van der Waals surface area contributed by atoms with E-state index in [-0.39, 0.29) is 5.91 Å². The monoisotopic (exact) mass is 299 g/mol. The van der Waals surface area contributed by atoms with Gasteiger partial charge in [0.1, 0.15) is 5.82 Å². The van der Waals surface area contributed by atoms with Crippen LogP contribution in [0, 0.1) is 0 Å². The topological polar surface area (TPSA) is 78.9 Å². The number of rotatable bonds is 7. The minimum absolute atomic E-state index is 0.0881. The average Bonchev–Trinajstić information content (AvgIpc) is 2.49. The molecule has 0 aliphatic carbocycles. The summed E-state index contributed by atoms with van der Waals surface area (Å²) < 4.78 is 0. The largest absolute Gasteiger partial charge is 0.370 e. The number of unbranched alkanes of at least 4 members (excludes halogenated alkanes) is 1. The molecule has 0 saturated heterocycles. The van der Waals surface area contributed by atoms with Gasteiger partial charge in [-0.3, -0.25) is 4.79 Å². The lowest BCUT2D eigenvalue weighted by molar-refractivity contribution is -0.114. The van der Waals surface area contributed by atoms with Crippen LogP contribution in [0.5, 0.6) is 0 Å². The fourth-order valence-electron chi connectivity index (χ4n) is 1.88. The molecule has 1 heterocycles. The Labute approximate surface area is 130 Å². The lowest BCUT2D eigenvalue weighted by atomic mass is 10.3. The van der Waals surface area contributed by atoms with Crippen molar-refractivity contribution in [3.05, 3.63) is 36.5 Å². The van der Waals surface area contributed by atoms with E-state index >= 15 is 0 Å². The summed E-state index contributed by atoms with van der Waals surface area (Å²) in [5.41, 5.74) is 1.62. The zero-order valence-electron chi connectivity index (χ0n) is 12.9. The Bertz CT molecular complexity index is 612. The van der Waals surface area contributed by atoms with E-state index in [0.29, 0.717) is 5.95 Å². The Morgan fingerprint density at radius 1 is 1.14 bits per heavy atom. The van der Waals surface area contributed by atoms with E-state index in [2.05, 4.69) is 32.8 Å². The van der Waals surface area contributed by atoms with Gasteiger partial charge in [0.2, 0.25) is 11.9 Å². The van der Waals surface area contributed by atoms with Crippen molar-refractivity contribution in [2.24, 2.45) is 0 Å². The maximum absolute atomic E-state index is 11.0. The summed E-state index contributed by atoms with van der Waals surface area (Å²) in [6, 6.07) is 9.23. The third-order valence-electron chi connectivity index (χ3n) is 2.95. The molecule has 0 aliphatic heterocycles. The van der Waals surface area contributed by atoms with E-state index in [9.17, 15) is 4.79 Å². The minimum atomic E-state index is -0.0881. The molecule has 116 valence electrons. The number of amides is 1. The van der Waals surface area contributed by atoms with Gasteiger partial charge in [0.15, 0.2) is 0 Å². The first-order valence-corrected chi connectivity index (χ1v) is 7.39. The molecule has 0 bridgehead atoms. The maximum Gasteiger partial charge on any atom is 0.229 e. The van der Waals surface area contributed by atoms with Crippen molar-refractivity contribution in [3.63, 3.8) is 0 Å². The molecule has 3 N–H and O–H groups in total. The number of nitrogens with one attached hydrogen (secondary N) is 3. The Morgan fingerprint density at radius 3 is 2.55 bits per heavy atom. The van der Waals surface area contributed by atoms with Gasteiger partial charge in [-0.05, 0) is 36.8 Å². The van der Waals surface area contributed by atoms with Crippen molar-refractivity contribution in [1.29, 1.82) is 0 Å². The molecule has 0 spiro atoms. The van der Waals surface area contributed by atoms with Crippen LogP contribution in [0.25, 0.3) is 0 Å². The highest BCUT2D eigenvalue weighted by molar-refractivity contribution is 5.88. The molecular weight excluding hydrogens is 278 g/mol. The van der Waals surface area contributed by atoms with E-state index < -0.39 is 0 Å². The van der Waals surface area contributed by atoms with Gasteiger partial charge in [0.25, 0.3) is 0 Å². The third-order valence-corrected chi connectivity index (χ3v) is 2.95. The number of hydrogen-bond donors (Lipinski definition) is 3. The number of aromatic nitrogens is 2. The Kier molecular flexibility index (Phi) is 5.71. The molecule has 1 amide bonds. The number of anilines is 4. The van der Waals surface area contributed by atoms with Gasteiger partial charge >= 0.3 is 0 Å². The molecule has 0 radical (unpaired) electrons. The third kappa shape index (κ3) is 5.05. The smallest absolute Gasteiger partial charge is 0.229 e. The van der Waals surface area contributed by atoms with Crippen LogP contribution >= 0.6 is 0 Å². The number of carbonyl (C=O) groups is 1. The normalized spacial score (nSPS) is 10.1. The summed E-state index contributed by atoms with van der Waals surface area (Å²) in [5, 5.41) is 9.13. The van der Waals surface area contributed by atoms with Gasteiger partial charge in [-0.1, -0.05) is 13.3 Å². The fourth-order valence-corrected chi connectivity index (χ4v) is 1.88. The molecule has 1 aromatic carbocycles. The molecule has 0 atom stereocenters. The molecule has 22 heavy (non-hydrogen) atoms. The van der Waals surface area contributed by atoms with E-state index in [1.54, 1.807) is 6.20 Å². The number of carbonyl (C=O) groups excluding carboxylic acids is 1. The highest BCUT2D eigenvalue weighted by Crippen LogP contribution is 2.17. The van der Waals surface area contributed by atoms with Crippen LogP contribution in [0.1, 0.15) is 26.7 Å². The van der Waals surface area contributed by atoms with Gasteiger partial charge in [-0.15, -0.1) is 0 Å². The first-order valence-electron chi connectivity index (χ1n) is 7.39. The standard InChI is InChI=1S/C16H21N5O/c1-3-4-10-17-15-9-11-18-16(21-15)20-14-7-5-13(6-8-14)19-12(2)22/h5-9,11H,3-4,10H2,1-2H3,(H,19,22)(H2,17,18,20,21). The molecule has 0 aliphatic rings. The van der Waals surface area contributed by atoms with Gasteiger partial charge in [-0.2, -0.15) is 4.98 Å². The lowest BCUT2D eigenvalue weighted by Crippen LogP contribution is -2.06. The van der Waals surface area contributed by atoms with Crippen LogP contribution in [0.4, 0.5) is 23.1 Å². The second-order valence-corrected chi connectivity index (χ2v) is 4.93. The minimum Gasteiger partial charge on any atom is -0.370 e. The van der Waals surface area contributed by atoms with Crippen LogP contribution in [-0.2, 0) is 4.79 Å². The predicted molar refractivity (Wildman–Crippen MR) is 89.5 cm³/mol. The lowest BCUT2D eigenvalue weighted by Gasteiger charge is -2.09. The van der Waals surface area contributed by atoms with Gasteiger partial charge in [0, 0.05) is 31.0 Å².